The Bertz CT molecular complexity index is 1590. The number of nitrogens with zero attached hydrogens (tertiary/aromatic N) is 3. The molecule has 0 aliphatic rings. The van der Waals surface area contributed by atoms with E-state index in [4.69, 9.17) is 0 Å². The van der Waals surface area contributed by atoms with E-state index < -0.39 is 0 Å². The van der Waals surface area contributed by atoms with Crippen LogP contribution >= 0.6 is 0 Å². The Balaban J connectivity index is 1.48. The van der Waals surface area contributed by atoms with Gasteiger partial charge >= 0.3 is 0 Å². The molecule has 0 bridgehead atoms. The summed E-state index contributed by atoms with van der Waals surface area (Å²) in [5.74, 6) is 0.485. The summed E-state index contributed by atoms with van der Waals surface area (Å²) < 4.78 is 0. The number of carbonyl (C=O) groups is 1. The third-order valence-corrected chi connectivity index (χ3v) is 5.45. The summed E-state index contributed by atoms with van der Waals surface area (Å²) in [5.41, 5.74) is 3.52. The number of ketones is 1. The smallest absolute Gasteiger partial charge is 0.195 e. The van der Waals surface area contributed by atoms with E-state index in [0.717, 1.165) is 27.4 Å². The van der Waals surface area contributed by atoms with E-state index in [1.807, 2.05) is 60.7 Å². The lowest BCUT2D eigenvalue weighted by molar-refractivity contribution is 0.104. The van der Waals surface area contributed by atoms with Gasteiger partial charge in [-0.3, -0.25) is 9.89 Å². The van der Waals surface area contributed by atoms with E-state index in [9.17, 15) is 4.79 Å². The van der Waals surface area contributed by atoms with Crippen LogP contribution in [0.4, 0.5) is 11.5 Å². The molecule has 0 fully saturated rings. The van der Waals surface area contributed by atoms with Crippen LogP contribution in [0.2, 0.25) is 0 Å². The molecule has 3 N–H and O–H groups in total. The molecule has 0 spiro atoms. The highest BCUT2D eigenvalue weighted by Gasteiger charge is 2.20. The fourth-order valence-corrected chi connectivity index (χ4v) is 3.96. The van der Waals surface area contributed by atoms with E-state index in [1.54, 1.807) is 12.4 Å². The van der Waals surface area contributed by atoms with Crippen molar-refractivity contribution in [3.05, 3.63) is 90.5 Å². The predicted molar refractivity (Wildman–Crippen MR) is 121 cm³/mol. The first-order valence-electron chi connectivity index (χ1n) is 9.82. The standard InChI is InChI=1S/C24H16N6O/c31-22(18-7-3-5-14-4-1-2-6-17(14)18)19-12-25-23-21(19)24(27-13-26-23)29-16-9-8-15-11-28-30-20(15)10-16/h1-13H,(H,28,30)(H2,25,26,27,29). The molecule has 6 rings (SSSR count). The van der Waals surface area contributed by atoms with Crippen LogP contribution in [-0.2, 0) is 0 Å². The predicted octanol–water partition coefficient (Wildman–Crippen LogP) is 4.96. The maximum Gasteiger partial charge on any atom is 0.195 e. The molecule has 7 nitrogen and oxygen atoms in total. The van der Waals surface area contributed by atoms with Crippen molar-refractivity contribution in [3.63, 3.8) is 0 Å². The van der Waals surface area contributed by atoms with Crippen LogP contribution in [-0.4, -0.2) is 30.9 Å². The lowest BCUT2D eigenvalue weighted by atomic mass is 9.97. The molecule has 3 heterocycles. The molecule has 6 aromatic rings. The summed E-state index contributed by atoms with van der Waals surface area (Å²) in [6, 6.07) is 19.5. The highest BCUT2D eigenvalue weighted by atomic mass is 16.1. The molecule has 0 aliphatic carbocycles. The normalized spacial score (nSPS) is 11.4. The number of carbonyl (C=O) groups excluding carboxylic acids is 1. The van der Waals surface area contributed by atoms with Gasteiger partial charge in [-0.15, -0.1) is 0 Å². The van der Waals surface area contributed by atoms with E-state index >= 15 is 0 Å². The van der Waals surface area contributed by atoms with E-state index in [0.29, 0.717) is 28.0 Å². The molecule has 3 aromatic carbocycles. The molecule has 31 heavy (non-hydrogen) atoms. The van der Waals surface area contributed by atoms with Crippen molar-refractivity contribution < 1.29 is 4.79 Å². The molecule has 148 valence electrons. The Labute approximate surface area is 176 Å². The molecule has 0 saturated heterocycles. The van der Waals surface area contributed by atoms with Crippen molar-refractivity contribution in [2.75, 3.05) is 5.32 Å². The molecular weight excluding hydrogens is 388 g/mol. The molecule has 0 atom stereocenters. The fourth-order valence-electron chi connectivity index (χ4n) is 3.96. The van der Waals surface area contributed by atoms with Crippen molar-refractivity contribution in [1.82, 2.24) is 25.1 Å². The molecule has 3 aromatic heterocycles. The third-order valence-electron chi connectivity index (χ3n) is 5.45. The highest BCUT2D eigenvalue weighted by Crippen LogP contribution is 2.30. The number of H-pyrrole nitrogens is 2. The highest BCUT2D eigenvalue weighted by molar-refractivity contribution is 6.22. The van der Waals surface area contributed by atoms with Crippen LogP contribution < -0.4 is 5.32 Å². The number of hydrogen-bond donors (Lipinski definition) is 3. The first-order chi connectivity index (χ1) is 15.3. The third kappa shape index (κ3) is 2.83. The summed E-state index contributed by atoms with van der Waals surface area (Å²) >= 11 is 0. The Morgan fingerprint density at radius 1 is 0.903 bits per heavy atom. The van der Waals surface area contributed by atoms with Gasteiger partial charge in [0.1, 0.15) is 17.8 Å². The van der Waals surface area contributed by atoms with Crippen molar-refractivity contribution in [2.45, 2.75) is 0 Å². The van der Waals surface area contributed by atoms with Crippen molar-refractivity contribution in [2.24, 2.45) is 0 Å². The van der Waals surface area contributed by atoms with Crippen LogP contribution in [0.1, 0.15) is 15.9 Å². The molecule has 0 radical (unpaired) electrons. The van der Waals surface area contributed by atoms with Gasteiger partial charge in [-0.05, 0) is 29.0 Å². The molecule has 7 heteroatoms. The first kappa shape index (κ1) is 17.3. The van der Waals surface area contributed by atoms with Crippen LogP contribution in [0.15, 0.2) is 79.4 Å². The van der Waals surface area contributed by atoms with Gasteiger partial charge in [0.25, 0.3) is 0 Å². The van der Waals surface area contributed by atoms with Gasteiger partial charge in [0.05, 0.1) is 22.7 Å². The summed E-state index contributed by atoms with van der Waals surface area (Å²) in [6.45, 7) is 0. The quantitative estimate of drug-likeness (QED) is 0.361. The average Bonchev–Trinajstić information content (AvgIpc) is 3.45. The van der Waals surface area contributed by atoms with Crippen molar-refractivity contribution in [3.8, 4) is 0 Å². The second kappa shape index (κ2) is 6.77. The molecule has 0 unspecified atom stereocenters. The SMILES string of the molecule is O=C(c1cccc2ccccc12)c1c[nH]c2ncnc(Nc3ccc4cn[nH]c4c3)c12. The number of aromatic amines is 2. The Morgan fingerprint density at radius 3 is 2.77 bits per heavy atom. The molecular formula is C24H16N6O. The zero-order valence-electron chi connectivity index (χ0n) is 16.3. The maximum atomic E-state index is 13.6. The van der Waals surface area contributed by atoms with Gasteiger partial charge in [-0.1, -0.05) is 42.5 Å². The van der Waals surface area contributed by atoms with Crippen molar-refractivity contribution >= 4 is 50.0 Å². The minimum Gasteiger partial charge on any atom is -0.345 e. The van der Waals surface area contributed by atoms with E-state index in [2.05, 4.69) is 30.5 Å². The second-order valence-electron chi connectivity index (χ2n) is 7.30. The number of benzene rings is 3. The van der Waals surface area contributed by atoms with Crippen molar-refractivity contribution in [1.29, 1.82) is 0 Å². The van der Waals surface area contributed by atoms with Crippen LogP contribution in [0.25, 0.3) is 32.7 Å². The number of fused-ring (bicyclic) bond motifs is 3. The van der Waals surface area contributed by atoms with Gasteiger partial charge in [0, 0.05) is 22.8 Å². The lowest BCUT2D eigenvalue weighted by Crippen LogP contribution is -2.03. The summed E-state index contributed by atoms with van der Waals surface area (Å²) in [7, 11) is 0. The van der Waals surface area contributed by atoms with Gasteiger partial charge in [0.2, 0.25) is 0 Å². The lowest BCUT2D eigenvalue weighted by Gasteiger charge is -2.09. The van der Waals surface area contributed by atoms with Crippen LogP contribution in [0, 0.1) is 0 Å². The topological polar surface area (TPSA) is 99.3 Å². The van der Waals surface area contributed by atoms with Gasteiger partial charge < -0.3 is 10.3 Å². The average molecular weight is 404 g/mol. The van der Waals surface area contributed by atoms with Gasteiger partial charge in [-0.2, -0.15) is 5.10 Å². The monoisotopic (exact) mass is 404 g/mol. The Hall–Kier alpha value is -4.52. The Morgan fingerprint density at radius 2 is 1.81 bits per heavy atom. The number of anilines is 2. The number of nitrogens with one attached hydrogen (secondary N) is 3. The number of rotatable bonds is 4. The van der Waals surface area contributed by atoms with E-state index in [-0.39, 0.29) is 5.78 Å². The molecule has 0 aliphatic heterocycles. The Kier molecular flexibility index (Phi) is 3.79. The molecule has 0 saturated carbocycles. The summed E-state index contributed by atoms with van der Waals surface area (Å²) in [6.07, 6.45) is 4.95. The number of aromatic nitrogens is 5. The van der Waals surface area contributed by atoms with E-state index in [1.165, 1.54) is 6.33 Å². The zero-order valence-corrected chi connectivity index (χ0v) is 16.3. The summed E-state index contributed by atoms with van der Waals surface area (Å²) in [4.78, 5) is 25.4. The van der Waals surface area contributed by atoms with Gasteiger partial charge in [0.15, 0.2) is 5.78 Å². The zero-order chi connectivity index (χ0) is 20.8. The van der Waals surface area contributed by atoms with Crippen LogP contribution in [0.3, 0.4) is 0 Å². The fraction of sp³-hybridized carbons (Fsp3) is 0. The first-order valence-corrected chi connectivity index (χ1v) is 9.82. The maximum absolute atomic E-state index is 13.6. The summed E-state index contributed by atoms with van der Waals surface area (Å²) in [5, 5.41) is 14.0. The molecule has 0 amide bonds. The second-order valence-corrected chi connectivity index (χ2v) is 7.30. The number of hydrogen-bond acceptors (Lipinski definition) is 5. The van der Waals surface area contributed by atoms with Crippen LogP contribution in [0.5, 0.6) is 0 Å². The largest absolute Gasteiger partial charge is 0.345 e. The minimum atomic E-state index is -0.0788. The van der Waals surface area contributed by atoms with Gasteiger partial charge in [-0.25, -0.2) is 9.97 Å². The minimum absolute atomic E-state index is 0.0788.